The summed E-state index contributed by atoms with van der Waals surface area (Å²) in [6, 6.07) is 4.86. The lowest BCUT2D eigenvalue weighted by molar-refractivity contribution is 0.0335. The summed E-state index contributed by atoms with van der Waals surface area (Å²) in [4.78, 5) is 23.9. The summed E-state index contributed by atoms with van der Waals surface area (Å²) in [6.45, 7) is 5.41. The van der Waals surface area contributed by atoms with E-state index >= 15 is 0 Å². The van der Waals surface area contributed by atoms with Crippen molar-refractivity contribution in [3.63, 3.8) is 0 Å². The molecule has 1 aromatic carbocycles. The fourth-order valence-corrected chi connectivity index (χ4v) is 2.31. The predicted molar refractivity (Wildman–Crippen MR) is 91.1 cm³/mol. The third kappa shape index (κ3) is 6.74. The molecule has 0 radical (unpaired) electrons. The minimum absolute atomic E-state index is 0.189. The maximum Gasteiger partial charge on any atom is 0.338 e. The molecule has 5 nitrogen and oxygen atoms in total. The Morgan fingerprint density at radius 2 is 1.55 bits per heavy atom. The van der Waals surface area contributed by atoms with Crippen molar-refractivity contribution in [2.24, 2.45) is 0 Å². The average Bonchev–Trinajstić information content (AvgIpc) is 2.51. The number of esters is 2. The van der Waals surface area contributed by atoms with Gasteiger partial charge in [0.1, 0.15) is 6.61 Å². The second-order valence-corrected chi connectivity index (χ2v) is 5.80. The molecular weight excluding hydrogens is 399 g/mol. The zero-order valence-electron chi connectivity index (χ0n) is 12.9. The summed E-state index contributed by atoms with van der Waals surface area (Å²) in [5, 5.41) is 0. The molecule has 6 heteroatoms. The Balaban J connectivity index is 2.68. The van der Waals surface area contributed by atoms with Crippen LogP contribution in [-0.4, -0.2) is 38.4 Å². The van der Waals surface area contributed by atoms with E-state index in [4.69, 9.17) is 14.2 Å². The molecule has 1 aromatic rings. The second-order valence-electron chi connectivity index (χ2n) is 4.55. The maximum absolute atomic E-state index is 12.0. The van der Waals surface area contributed by atoms with Crippen molar-refractivity contribution in [3.05, 3.63) is 32.9 Å². The number of hydrogen-bond acceptors (Lipinski definition) is 5. The number of rotatable bonds is 9. The smallest absolute Gasteiger partial charge is 0.338 e. The Bertz CT molecular complexity index is 501. The van der Waals surface area contributed by atoms with Crippen LogP contribution in [0.4, 0.5) is 0 Å². The topological polar surface area (TPSA) is 61.8 Å². The number of halogens is 1. The van der Waals surface area contributed by atoms with Crippen LogP contribution in [0.25, 0.3) is 0 Å². The first-order valence-corrected chi connectivity index (χ1v) is 8.39. The molecule has 0 amide bonds. The summed E-state index contributed by atoms with van der Waals surface area (Å²) < 4.78 is 16.1. The molecule has 0 N–H and O–H groups in total. The Hall–Kier alpha value is -1.15. The fraction of sp³-hybridized carbons (Fsp3) is 0.500. The van der Waals surface area contributed by atoms with Crippen LogP contribution < -0.4 is 0 Å². The summed E-state index contributed by atoms with van der Waals surface area (Å²) in [6.07, 6.45) is 1.78. The largest absolute Gasteiger partial charge is 0.462 e. The Kier molecular flexibility index (Phi) is 9.07. The van der Waals surface area contributed by atoms with Crippen molar-refractivity contribution >= 4 is 34.5 Å². The lowest BCUT2D eigenvalue weighted by Gasteiger charge is -2.08. The highest BCUT2D eigenvalue weighted by Crippen LogP contribution is 2.15. The second kappa shape index (κ2) is 10.6. The van der Waals surface area contributed by atoms with Gasteiger partial charge in [0.2, 0.25) is 0 Å². The number of ether oxygens (including phenoxy) is 3. The standard InChI is InChI=1S/C16H21IO5/c1-3-5-6-21-15(18)12-9-13(11-14(17)10-12)16(19)22-8-7-20-4-2/h9-11H,3-8H2,1-2H3. The van der Waals surface area contributed by atoms with Crippen LogP contribution >= 0.6 is 22.6 Å². The summed E-state index contributed by atoms with van der Waals surface area (Å²) in [7, 11) is 0. The van der Waals surface area contributed by atoms with Crippen molar-refractivity contribution in [3.8, 4) is 0 Å². The van der Waals surface area contributed by atoms with E-state index in [9.17, 15) is 9.59 Å². The van der Waals surface area contributed by atoms with Crippen molar-refractivity contribution in [1.82, 2.24) is 0 Å². The quantitative estimate of drug-likeness (QED) is 0.348. The summed E-state index contributed by atoms with van der Waals surface area (Å²) in [5.74, 6) is -0.892. The van der Waals surface area contributed by atoms with Gasteiger partial charge >= 0.3 is 11.9 Å². The van der Waals surface area contributed by atoms with E-state index in [0.717, 1.165) is 16.4 Å². The molecule has 0 aliphatic carbocycles. The third-order valence-corrected chi connectivity index (χ3v) is 3.39. The van der Waals surface area contributed by atoms with Crippen molar-refractivity contribution in [2.45, 2.75) is 26.7 Å². The molecule has 0 heterocycles. The van der Waals surface area contributed by atoms with Gasteiger partial charge in [0.05, 0.1) is 24.3 Å². The molecule has 0 spiro atoms. The van der Waals surface area contributed by atoms with Gasteiger partial charge < -0.3 is 14.2 Å². The Morgan fingerprint density at radius 3 is 2.09 bits per heavy atom. The van der Waals surface area contributed by atoms with Crippen LogP contribution in [-0.2, 0) is 14.2 Å². The highest BCUT2D eigenvalue weighted by molar-refractivity contribution is 14.1. The molecule has 0 saturated heterocycles. The predicted octanol–water partition coefficient (Wildman–Crippen LogP) is 3.44. The van der Waals surface area contributed by atoms with Gasteiger partial charge in [0.25, 0.3) is 0 Å². The number of benzene rings is 1. The highest BCUT2D eigenvalue weighted by Gasteiger charge is 2.14. The van der Waals surface area contributed by atoms with Crippen LogP contribution in [0.5, 0.6) is 0 Å². The van der Waals surface area contributed by atoms with Gasteiger partial charge in [0, 0.05) is 10.2 Å². The highest BCUT2D eigenvalue weighted by atomic mass is 127. The average molecular weight is 420 g/mol. The van der Waals surface area contributed by atoms with Gasteiger partial charge in [0.15, 0.2) is 0 Å². The normalized spacial score (nSPS) is 10.3. The molecule has 0 fully saturated rings. The first-order valence-electron chi connectivity index (χ1n) is 7.31. The van der Waals surface area contributed by atoms with Gasteiger partial charge in [-0.2, -0.15) is 0 Å². The minimum atomic E-state index is -0.471. The van der Waals surface area contributed by atoms with E-state index in [1.807, 2.05) is 13.8 Å². The monoisotopic (exact) mass is 420 g/mol. The zero-order chi connectivity index (χ0) is 16.4. The molecule has 0 bridgehead atoms. The van der Waals surface area contributed by atoms with Gasteiger partial charge in [-0.1, -0.05) is 13.3 Å². The molecule has 0 aliphatic heterocycles. The van der Waals surface area contributed by atoms with E-state index < -0.39 is 11.9 Å². The number of hydrogen-bond donors (Lipinski definition) is 0. The van der Waals surface area contributed by atoms with E-state index in [1.165, 1.54) is 6.07 Å². The van der Waals surface area contributed by atoms with Gasteiger partial charge in [-0.05, 0) is 54.1 Å². The fourth-order valence-electron chi connectivity index (χ4n) is 1.64. The number of carbonyl (C=O) groups is 2. The molecule has 0 saturated carbocycles. The van der Waals surface area contributed by atoms with E-state index in [-0.39, 0.29) is 6.61 Å². The summed E-state index contributed by atoms with van der Waals surface area (Å²) in [5.41, 5.74) is 0.700. The summed E-state index contributed by atoms with van der Waals surface area (Å²) >= 11 is 2.05. The van der Waals surface area contributed by atoms with Crippen LogP contribution in [0, 0.1) is 3.57 Å². The first-order chi connectivity index (χ1) is 10.6. The molecule has 0 aliphatic rings. The van der Waals surface area contributed by atoms with Gasteiger partial charge in [-0.25, -0.2) is 9.59 Å². The third-order valence-electron chi connectivity index (χ3n) is 2.77. The molecule has 22 heavy (non-hydrogen) atoms. The minimum Gasteiger partial charge on any atom is -0.462 e. The van der Waals surface area contributed by atoms with E-state index in [1.54, 1.807) is 12.1 Å². The van der Waals surface area contributed by atoms with Gasteiger partial charge in [-0.15, -0.1) is 0 Å². The molecule has 122 valence electrons. The molecule has 0 aromatic heterocycles. The lowest BCUT2D eigenvalue weighted by Crippen LogP contribution is -2.13. The SMILES string of the molecule is CCCCOC(=O)c1cc(I)cc(C(=O)OCCOCC)c1. The zero-order valence-corrected chi connectivity index (χ0v) is 15.1. The lowest BCUT2D eigenvalue weighted by atomic mass is 10.1. The molecular formula is C16H21IO5. The molecule has 1 rings (SSSR count). The van der Waals surface area contributed by atoms with E-state index in [0.29, 0.717) is 30.9 Å². The van der Waals surface area contributed by atoms with Crippen LogP contribution in [0.15, 0.2) is 18.2 Å². The number of carbonyl (C=O) groups excluding carboxylic acids is 2. The molecule has 0 unspecified atom stereocenters. The van der Waals surface area contributed by atoms with Crippen molar-refractivity contribution < 1.29 is 23.8 Å². The number of unbranched alkanes of at least 4 members (excludes halogenated alkanes) is 1. The van der Waals surface area contributed by atoms with Crippen LogP contribution in [0.1, 0.15) is 47.4 Å². The first kappa shape index (κ1) is 18.9. The van der Waals surface area contributed by atoms with Gasteiger partial charge in [-0.3, -0.25) is 0 Å². The Morgan fingerprint density at radius 1 is 0.955 bits per heavy atom. The van der Waals surface area contributed by atoms with Crippen molar-refractivity contribution in [2.75, 3.05) is 26.4 Å². The van der Waals surface area contributed by atoms with Crippen LogP contribution in [0.2, 0.25) is 0 Å². The van der Waals surface area contributed by atoms with Crippen LogP contribution in [0.3, 0.4) is 0 Å². The maximum atomic E-state index is 12.0. The van der Waals surface area contributed by atoms with Crippen molar-refractivity contribution in [1.29, 1.82) is 0 Å². The molecule has 0 atom stereocenters. The Labute approximate surface area is 144 Å². The van der Waals surface area contributed by atoms with E-state index in [2.05, 4.69) is 22.6 Å².